The highest BCUT2D eigenvalue weighted by Crippen LogP contribution is 2.32. The molecule has 1 aromatic carbocycles. The van der Waals surface area contributed by atoms with Crippen LogP contribution in [0.3, 0.4) is 0 Å². The Labute approximate surface area is 161 Å². The van der Waals surface area contributed by atoms with E-state index in [1.807, 2.05) is 11.8 Å². The van der Waals surface area contributed by atoms with Crippen LogP contribution in [0.25, 0.3) is 0 Å². The molecule has 0 aliphatic carbocycles. The van der Waals surface area contributed by atoms with Gasteiger partial charge in [-0.05, 0) is 18.6 Å². The van der Waals surface area contributed by atoms with Gasteiger partial charge in [-0.25, -0.2) is 13.4 Å². The Hall–Kier alpha value is -2.27. The number of hydrogen-bond donors (Lipinski definition) is 0. The van der Waals surface area contributed by atoms with Gasteiger partial charge in [0.25, 0.3) is 5.69 Å². The predicted octanol–water partition coefficient (Wildman–Crippen LogP) is 2.13. The van der Waals surface area contributed by atoms with Crippen LogP contribution in [0.15, 0.2) is 23.1 Å². The van der Waals surface area contributed by atoms with Gasteiger partial charge < -0.3 is 9.80 Å². The van der Waals surface area contributed by atoms with E-state index >= 15 is 0 Å². The summed E-state index contributed by atoms with van der Waals surface area (Å²) < 4.78 is 27.8. The van der Waals surface area contributed by atoms with Crippen LogP contribution in [0.1, 0.15) is 19.2 Å². The third-order valence-electron chi connectivity index (χ3n) is 4.45. The summed E-state index contributed by atoms with van der Waals surface area (Å²) in [6.07, 6.45) is 2.64. The largest absolute Gasteiger partial charge is 0.364 e. The maximum Gasteiger partial charge on any atom is 0.293 e. The molecule has 2 heterocycles. The molecule has 1 aliphatic rings. The molecule has 1 aliphatic heterocycles. The van der Waals surface area contributed by atoms with Gasteiger partial charge >= 0.3 is 0 Å². The lowest BCUT2D eigenvalue weighted by Crippen LogP contribution is -2.31. The van der Waals surface area contributed by atoms with Gasteiger partial charge in [0.15, 0.2) is 9.84 Å². The maximum atomic E-state index is 11.7. The first kappa shape index (κ1) is 19.5. The quantitative estimate of drug-likeness (QED) is 0.544. The minimum absolute atomic E-state index is 0.0460. The molecule has 0 atom stereocenters. The zero-order chi connectivity index (χ0) is 19.6. The second kappa shape index (κ2) is 7.77. The van der Waals surface area contributed by atoms with Crippen LogP contribution in [0.5, 0.6) is 0 Å². The van der Waals surface area contributed by atoms with Gasteiger partial charge in [0.1, 0.15) is 11.5 Å². The molecule has 0 saturated carbocycles. The van der Waals surface area contributed by atoms with Crippen molar-refractivity contribution in [2.24, 2.45) is 0 Å². The average molecular weight is 412 g/mol. The van der Waals surface area contributed by atoms with Crippen molar-refractivity contribution in [1.29, 1.82) is 0 Å². The van der Waals surface area contributed by atoms with Crippen molar-refractivity contribution >= 4 is 37.9 Å². The van der Waals surface area contributed by atoms with E-state index in [0.717, 1.165) is 42.7 Å². The number of benzene rings is 1. The molecule has 1 aromatic heterocycles. The van der Waals surface area contributed by atoms with E-state index in [1.165, 1.54) is 23.7 Å². The number of sulfone groups is 1. The van der Waals surface area contributed by atoms with E-state index in [2.05, 4.69) is 14.3 Å². The summed E-state index contributed by atoms with van der Waals surface area (Å²) in [5.74, 6) is 0.822. The number of hydrogen-bond acceptors (Lipinski definition) is 9. The lowest BCUT2D eigenvalue weighted by Gasteiger charge is -2.23. The molecule has 0 amide bonds. The molecule has 2 aromatic rings. The molecule has 1 fully saturated rings. The molecular formula is C16H21N5O4S2. The molecule has 3 rings (SSSR count). The SMILES string of the molecule is CCc1nsc(N2CCCN(c3ccc(S(C)(=O)=O)cc3[N+](=O)[O-])CC2)n1. The number of aromatic nitrogens is 2. The molecule has 27 heavy (non-hydrogen) atoms. The normalized spacial score (nSPS) is 15.6. The third-order valence-corrected chi connectivity index (χ3v) is 6.38. The Morgan fingerprint density at radius 1 is 1.22 bits per heavy atom. The Balaban J connectivity index is 1.83. The Morgan fingerprint density at radius 2 is 1.93 bits per heavy atom. The van der Waals surface area contributed by atoms with Gasteiger partial charge in [-0.15, -0.1) is 0 Å². The number of aryl methyl sites for hydroxylation is 1. The lowest BCUT2D eigenvalue weighted by molar-refractivity contribution is -0.384. The first-order valence-electron chi connectivity index (χ1n) is 8.60. The first-order chi connectivity index (χ1) is 12.8. The van der Waals surface area contributed by atoms with Crippen LogP contribution >= 0.6 is 11.5 Å². The van der Waals surface area contributed by atoms with Crippen molar-refractivity contribution < 1.29 is 13.3 Å². The average Bonchev–Trinajstić information content (AvgIpc) is 2.97. The van der Waals surface area contributed by atoms with E-state index in [4.69, 9.17) is 0 Å². The van der Waals surface area contributed by atoms with Crippen molar-refractivity contribution in [2.75, 3.05) is 42.2 Å². The summed E-state index contributed by atoms with van der Waals surface area (Å²) >= 11 is 1.37. The summed E-state index contributed by atoms with van der Waals surface area (Å²) in [6, 6.07) is 4.11. The highest BCUT2D eigenvalue weighted by Gasteiger charge is 2.25. The number of nitrogens with zero attached hydrogens (tertiary/aromatic N) is 5. The fraction of sp³-hybridized carbons (Fsp3) is 0.500. The molecule has 9 nitrogen and oxygen atoms in total. The summed E-state index contributed by atoms with van der Waals surface area (Å²) in [4.78, 5) is 19.5. The first-order valence-corrected chi connectivity index (χ1v) is 11.3. The fourth-order valence-electron chi connectivity index (χ4n) is 3.01. The molecule has 11 heteroatoms. The molecule has 146 valence electrons. The van der Waals surface area contributed by atoms with Gasteiger partial charge in [0.05, 0.1) is 9.82 Å². The minimum atomic E-state index is -3.50. The Kier molecular flexibility index (Phi) is 5.61. The lowest BCUT2D eigenvalue weighted by atomic mass is 10.2. The van der Waals surface area contributed by atoms with Crippen LogP contribution in [0.4, 0.5) is 16.5 Å². The van der Waals surface area contributed by atoms with Crippen LogP contribution in [0, 0.1) is 10.1 Å². The van der Waals surface area contributed by atoms with Crippen molar-refractivity contribution in [3.8, 4) is 0 Å². The van der Waals surface area contributed by atoms with E-state index in [9.17, 15) is 18.5 Å². The minimum Gasteiger partial charge on any atom is -0.364 e. The number of rotatable bonds is 5. The molecule has 0 radical (unpaired) electrons. The summed E-state index contributed by atoms with van der Waals surface area (Å²) in [6.45, 7) is 4.71. The topological polar surface area (TPSA) is 110 Å². The van der Waals surface area contributed by atoms with Gasteiger partial charge in [-0.1, -0.05) is 6.92 Å². The van der Waals surface area contributed by atoms with Crippen molar-refractivity contribution in [1.82, 2.24) is 9.36 Å². The number of nitro groups is 1. The molecule has 0 unspecified atom stereocenters. The van der Waals surface area contributed by atoms with Crippen LogP contribution in [-0.4, -0.2) is 55.1 Å². The Bertz CT molecular complexity index is 944. The van der Waals surface area contributed by atoms with E-state index in [0.29, 0.717) is 25.3 Å². The number of anilines is 2. The maximum absolute atomic E-state index is 11.7. The van der Waals surface area contributed by atoms with Crippen LogP contribution < -0.4 is 9.80 Å². The second-order valence-electron chi connectivity index (χ2n) is 6.35. The van der Waals surface area contributed by atoms with Crippen LogP contribution in [0.2, 0.25) is 0 Å². The van der Waals surface area contributed by atoms with Crippen molar-refractivity contribution in [3.05, 3.63) is 34.1 Å². The highest BCUT2D eigenvalue weighted by atomic mass is 32.2. The van der Waals surface area contributed by atoms with Crippen LogP contribution in [-0.2, 0) is 16.3 Å². The highest BCUT2D eigenvalue weighted by molar-refractivity contribution is 7.90. The zero-order valence-electron chi connectivity index (χ0n) is 15.2. The molecule has 0 spiro atoms. The summed E-state index contributed by atoms with van der Waals surface area (Å²) in [5, 5.41) is 12.4. The van der Waals surface area contributed by atoms with Gasteiger partial charge in [0.2, 0.25) is 5.13 Å². The smallest absolute Gasteiger partial charge is 0.293 e. The monoisotopic (exact) mass is 411 g/mol. The van der Waals surface area contributed by atoms with E-state index in [-0.39, 0.29) is 10.6 Å². The van der Waals surface area contributed by atoms with Gasteiger partial charge in [-0.3, -0.25) is 10.1 Å². The van der Waals surface area contributed by atoms with E-state index < -0.39 is 14.8 Å². The fourth-order valence-corrected chi connectivity index (χ4v) is 4.46. The second-order valence-corrected chi connectivity index (χ2v) is 9.10. The summed E-state index contributed by atoms with van der Waals surface area (Å²) in [5.41, 5.74) is 0.260. The standard InChI is InChI=1S/C16H21N5O4S2/c1-3-15-17-16(26-18-15)20-8-4-7-19(9-10-20)13-6-5-12(27(2,24)25)11-14(13)21(22)23/h5-6,11H,3-4,7-10H2,1-2H3. The zero-order valence-corrected chi connectivity index (χ0v) is 16.8. The van der Waals surface area contributed by atoms with E-state index in [1.54, 1.807) is 0 Å². The third kappa shape index (κ3) is 4.35. The van der Waals surface area contributed by atoms with Gasteiger partial charge in [-0.2, -0.15) is 4.37 Å². The predicted molar refractivity (Wildman–Crippen MR) is 105 cm³/mol. The van der Waals surface area contributed by atoms with Crippen molar-refractivity contribution in [2.45, 2.75) is 24.7 Å². The summed E-state index contributed by atoms with van der Waals surface area (Å²) in [7, 11) is -3.50. The molecule has 1 saturated heterocycles. The molecule has 0 bridgehead atoms. The number of nitro benzene ring substituents is 1. The molecular weight excluding hydrogens is 390 g/mol. The van der Waals surface area contributed by atoms with Crippen molar-refractivity contribution in [3.63, 3.8) is 0 Å². The Morgan fingerprint density at radius 3 is 2.56 bits per heavy atom. The van der Waals surface area contributed by atoms with Gasteiger partial charge in [0, 0.05) is 56.5 Å². The molecule has 0 N–H and O–H groups in total.